The van der Waals surface area contributed by atoms with Crippen LogP contribution >= 0.6 is 11.6 Å². The number of amides is 1. The van der Waals surface area contributed by atoms with Crippen molar-refractivity contribution in [2.24, 2.45) is 0 Å². The molecule has 3 heterocycles. The van der Waals surface area contributed by atoms with Crippen LogP contribution in [0.1, 0.15) is 29.7 Å². The van der Waals surface area contributed by atoms with Crippen molar-refractivity contribution < 1.29 is 4.79 Å². The Balaban J connectivity index is 1.73. The Labute approximate surface area is 157 Å². The van der Waals surface area contributed by atoms with Gasteiger partial charge in [-0.05, 0) is 43.2 Å². The van der Waals surface area contributed by atoms with Crippen LogP contribution < -0.4 is 0 Å². The average molecular weight is 369 g/mol. The molecule has 1 aliphatic heterocycles. The highest BCUT2D eigenvalue weighted by Gasteiger charge is 2.31. The molecule has 0 unspecified atom stereocenters. The summed E-state index contributed by atoms with van der Waals surface area (Å²) in [6.07, 6.45) is 5.23. The summed E-state index contributed by atoms with van der Waals surface area (Å²) in [6.45, 7) is 3.23. The van der Waals surface area contributed by atoms with E-state index in [-0.39, 0.29) is 5.91 Å². The Morgan fingerprint density at radius 3 is 2.73 bits per heavy atom. The smallest absolute Gasteiger partial charge is 0.223 e. The molecule has 0 radical (unpaired) electrons. The van der Waals surface area contributed by atoms with Crippen molar-refractivity contribution >= 4 is 17.5 Å². The Bertz CT molecular complexity index is 929. The fraction of sp³-hybridized carbons (Fsp3) is 0.300. The number of alkyl halides is 1. The van der Waals surface area contributed by atoms with Crippen LogP contribution in [-0.4, -0.2) is 31.0 Å². The largest absolute Gasteiger partial charge is 0.332 e. The molecule has 0 atom stereocenters. The molecule has 0 saturated heterocycles. The first-order valence-electron chi connectivity index (χ1n) is 8.82. The van der Waals surface area contributed by atoms with E-state index in [2.05, 4.69) is 29.7 Å². The monoisotopic (exact) mass is 368 g/mol. The molecule has 0 N–H and O–H groups in total. The van der Waals surface area contributed by atoms with Crippen molar-refractivity contribution in [3.63, 3.8) is 0 Å². The standard InChI is InChI=1S/C20H21ClN4O/c1-15-6-4-7-16(12-15)25-20(23-10-2-3-11-23)17-13-24(14-18(17)22-25)19(26)8-5-9-21/h2-4,6-7,10-12H,5,8-9,13-14H2,1H3. The van der Waals surface area contributed by atoms with E-state index in [1.165, 1.54) is 5.56 Å². The molecular weight excluding hydrogens is 348 g/mol. The summed E-state index contributed by atoms with van der Waals surface area (Å²) in [5.74, 6) is 1.66. The van der Waals surface area contributed by atoms with Crippen molar-refractivity contribution in [3.05, 3.63) is 65.6 Å². The lowest BCUT2D eigenvalue weighted by atomic mass is 10.2. The topological polar surface area (TPSA) is 43.1 Å². The van der Waals surface area contributed by atoms with Crippen molar-refractivity contribution in [3.8, 4) is 11.5 Å². The molecule has 0 bridgehead atoms. The fourth-order valence-electron chi connectivity index (χ4n) is 3.44. The van der Waals surface area contributed by atoms with Crippen LogP contribution in [0.15, 0.2) is 48.8 Å². The van der Waals surface area contributed by atoms with E-state index in [1.54, 1.807) is 0 Å². The van der Waals surface area contributed by atoms with Crippen molar-refractivity contribution in [2.75, 3.05) is 5.88 Å². The number of rotatable bonds is 5. The number of aromatic nitrogens is 3. The summed E-state index contributed by atoms with van der Waals surface area (Å²) >= 11 is 5.72. The van der Waals surface area contributed by atoms with Gasteiger partial charge in [0, 0.05) is 30.3 Å². The van der Waals surface area contributed by atoms with E-state index >= 15 is 0 Å². The van der Waals surface area contributed by atoms with Gasteiger partial charge < -0.3 is 9.47 Å². The number of benzene rings is 1. The molecule has 0 spiro atoms. The number of carbonyl (C=O) groups excluding carboxylic acids is 1. The van der Waals surface area contributed by atoms with E-state index < -0.39 is 0 Å². The first-order valence-corrected chi connectivity index (χ1v) is 9.35. The molecule has 5 nitrogen and oxygen atoms in total. The van der Waals surface area contributed by atoms with Crippen molar-refractivity contribution in [2.45, 2.75) is 32.9 Å². The van der Waals surface area contributed by atoms with Crippen LogP contribution in [0.4, 0.5) is 0 Å². The molecule has 1 amide bonds. The second-order valence-electron chi connectivity index (χ2n) is 6.63. The summed E-state index contributed by atoms with van der Waals surface area (Å²) in [6, 6.07) is 12.3. The zero-order valence-corrected chi connectivity index (χ0v) is 15.5. The SMILES string of the molecule is Cc1cccc(-n2nc3c(c2-n2cccc2)CN(C(=O)CCCCl)C3)c1. The van der Waals surface area contributed by atoms with Gasteiger partial charge in [-0.2, -0.15) is 5.10 Å². The summed E-state index contributed by atoms with van der Waals surface area (Å²) in [4.78, 5) is 14.3. The van der Waals surface area contributed by atoms with Crippen LogP contribution in [0.2, 0.25) is 0 Å². The van der Waals surface area contributed by atoms with Gasteiger partial charge in [0.05, 0.1) is 24.5 Å². The Morgan fingerprint density at radius 1 is 1.19 bits per heavy atom. The number of aryl methyl sites for hydroxylation is 1. The van der Waals surface area contributed by atoms with Crippen molar-refractivity contribution in [1.82, 2.24) is 19.2 Å². The van der Waals surface area contributed by atoms with Gasteiger partial charge in [0.2, 0.25) is 5.91 Å². The number of hydrogen-bond acceptors (Lipinski definition) is 2. The van der Waals surface area contributed by atoms with Crippen LogP contribution in [0.5, 0.6) is 0 Å². The molecule has 2 aromatic heterocycles. The van der Waals surface area contributed by atoms with Gasteiger partial charge in [-0.3, -0.25) is 4.79 Å². The highest BCUT2D eigenvalue weighted by atomic mass is 35.5. The molecule has 26 heavy (non-hydrogen) atoms. The van der Waals surface area contributed by atoms with E-state index in [4.69, 9.17) is 16.7 Å². The Kier molecular flexibility index (Phi) is 4.55. The molecular formula is C20H21ClN4O. The lowest BCUT2D eigenvalue weighted by molar-refractivity contribution is -0.131. The van der Waals surface area contributed by atoms with Gasteiger partial charge >= 0.3 is 0 Å². The zero-order valence-electron chi connectivity index (χ0n) is 14.7. The summed E-state index contributed by atoms with van der Waals surface area (Å²) in [7, 11) is 0. The second-order valence-corrected chi connectivity index (χ2v) is 7.01. The minimum Gasteiger partial charge on any atom is -0.332 e. The maximum atomic E-state index is 12.4. The highest BCUT2D eigenvalue weighted by molar-refractivity contribution is 6.17. The highest BCUT2D eigenvalue weighted by Crippen LogP contribution is 2.31. The molecule has 6 heteroatoms. The maximum Gasteiger partial charge on any atom is 0.223 e. The van der Waals surface area contributed by atoms with Gasteiger partial charge in [-0.15, -0.1) is 11.6 Å². The Hall–Kier alpha value is -2.53. The van der Waals surface area contributed by atoms with E-state index in [0.29, 0.717) is 31.8 Å². The predicted molar refractivity (Wildman–Crippen MR) is 102 cm³/mol. The molecule has 1 aromatic carbocycles. The first kappa shape index (κ1) is 16.9. The lowest BCUT2D eigenvalue weighted by Crippen LogP contribution is -2.26. The normalized spacial score (nSPS) is 13.2. The third-order valence-corrected chi connectivity index (χ3v) is 4.97. The van der Waals surface area contributed by atoms with Gasteiger partial charge in [0.25, 0.3) is 0 Å². The number of fused-ring (bicyclic) bond motifs is 1. The fourth-order valence-corrected chi connectivity index (χ4v) is 3.57. The molecule has 134 valence electrons. The van der Waals surface area contributed by atoms with Gasteiger partial charge in [0.15, 0.2) is 0 Å². The number of hydrogen-bond donors (Lipinski definition) is 0. The molecule has 0 saturated carbocycles. The maximum absolute atomic E-state index is 12.4. The third-order valence-electron chi connectivity index (χ3n) is 4.70. The van der Waals surface area contributed by atoms with Crippen LogP contribution in [-0.2, 0) is 17.9 Å². The van der Waals surface area contributed by atoms with Crippen LogP contribution in [0, 0.1) is 6.92 Å². The summed E-state index contributed by atoms with van der Waals surface area (Å²) < 4.78 is 4.05. The van der Waals surface area contributed by atoms with Crippen LogP contribution in [0.3, 0.4) is 0 Å². The average Bonchev–Trinajstić information content (AvgIpc) is 3.34. The summed E-state index contributed by atoms with van der Waals surface area (Å²) in [5, 5.41) is 4.85. The van der Waals surface area contributed by atoms with E-state index in [0.717, 1.165) is 22.8 Å². The van der Waals surface area contributed by atoms with Gasteiger partial charge in [-0.25, -0.2) is 4.68 Å². The molecule has 0 aliphatic carbocycles. The second kappa shape index (κ2) is 7.00. The van der Waals surface area contributed by atoms with Gasteiger partial charge in [-0.1, -0.05) is 12.1 Å². The summed E-state index contributed by atoms with van der Waals surface area (Å²) in [5.41, 5.74) is 4.30. The molecule has 1 aliphatic rings. The first-order chi connectivity index (χ1) is 12.7. The zero-order chi connectivity index (χ0) is 18.1. The van der Waals surface area contributed by atoms with E-state index in [1.807, 2.05) is 40.2 Å². The predicted octanol–water partition coefficient (Wildman–Crippen LogP) is 3.83. The minimum absolute atomic E-state index is 0.143. The third kappa shape index (κ3) is 3.03. The molecule has 0 fully saturated rings. The van der Waals surface area contributed by atoms with Crippen molar-refractivity contribution in [1.29, 1.82) is 0 Å². The number of halogens is 1. The number of carbonyl (C=O) groups is 1. The molecule has 4 rings (SSSR count). The van der Waals surface area contributed by atoms with Gasteiger partial charge in [0.1, 0.15) is 5.82 Å². The quantitative estimate of drug-likeness (QED) is 0.642. The molecule has 3 aromatic rings. The van der Waals surface area contributed by atoms with E-state index in [9.17, 15) is 4.79 Å². The van der Waals surface area contributed by atoms with Crippen LogP contribution in [0.25, 0.3) is 11.5 Å². The lowest BCUT2D eigenvalue weighted by Gasteiger charge is -2.17. The minimum atomic E-state index is 0.143. The Morgan fingerprint density at radius 2 is 2.00 bits per heavy atom. The number of nitrogens with zero attached hydrogens (tertiary/aromatic N) is 4.